The van der Waals surface area contributed by atoms with Gasteiger partial charge in [0.15, 0.2) is 0 Å². The number of carbonyl (C=O) groups is 2. The smallest absolute Gasteiger partial charge is 0.278 e. The minimum Gasteiger partial charge on any atom is -0.497 e. The summed E-state index contributed by atoms with van der Waals surface area (Å²) >= 11 is 0. The van der Waals surface area contributed by atoms with Crippen LogP contribution in [-0.4, -0.2) is 55.0 Å². The number of nitrogens with zero attached hydrogens (tertiary/aromatic N) is 3. The molecule has 2 aromatic rings. The largest absolute Gasteiger partial charge is 0.497 e. The average molecular weight is 403 g/mol. The molecule has 1 fully saturated rings. The van der Waals surface area contributed by atoms with Crippen LogP contribution in [-0.2, 0) is 20.9 Å². The van der Waals surface area contributed by atoms with Crippen molar-refractivity contribution >= 4 is 17.4 Å². The first-order valence-electron chi connectivity index (χ1n) is 9.69. The molecule has 2 aromatic carbocycles. The second-order valence-corrected chi connectivity index (χ2v) is 7.06. The lowest BCUT2D eigenvalue weighted by molar-refractivity contribution is -0.138. The number of imide groups is 1. The Labute approximate surface area is 174 Å². The molecule has 0 aliphatic carbocycles. The molecule has 152 valence electrons. The van der Waals surface area contributed by atoms with Crippen molar-refractivity contribution in [3.05, 3.63) is 70.9 Å². The number of hydrogen-bond acceptors (Lipinski definition) is 6. The summed E-state index contributed by atoms with van der Waals surface area (Å²) in [6, 6.07) is 16.1. The van der Waals surface area contributed by atoms with Gasteiger partial charge in [-0.1, -0.05) is 24.3 Å². The van der Waals surface area contributed by atoms with E-state index in [0.717, 1.165) is 5.56 Å². The van der Waals surface area contributed by atoms with Crippen LogP contribution in [0.4, 0.5) is 0 Å². The van der Waals surface area contributed by atoms with Crippen molar-refractivity contribution in [3.8, 4) is 11.8 Å². The second-order valence-electron chi connectivity index (χ2n) is 7.06. The fourth-order valence-electron chi connectivity index (χ4n) is 3.67. The van der Waals surface area contributed by atoms with E-state index in [1.54, 1.807) is 43.5 Å². The maximum absolute atomic E-state index is 13.4. The van der Waals surface area contributed by atoms with Gasteiger partial charge < -0.3 is 14.4 Å². The number of carbonyl (C=O) groups excluding carboxylic acids is 2. The fourth-order valence-corrected chi connectivity index (χ4v) is 3.67. The summed E-state index contributed by atoms with van der Waals surface area (Å²) in [5.41, 5.74) is 2.74. The van der Waals surface area contributed by atoms with E-state index in [1.165, 1.54) is 4.90 Å². The van der Waals surface area contributed by atoms with E-state index in [0.29, 0.717) is 54.4 Å². The van der Waals surface area contributed by atoms with Crippen LogP contribution in [0.5, 0.6) is 5.75 Å². The lowest BCUT2D eigenvalue weighted by Gasteiger charge is -2.29. The SMILES string of the molecule is COc1ccc(CN2C(=O)C(c3ccc(C#N)cc3)=C(N3CCOCC3)C2=O)cc1. The number of hydrogen-bond donors (Lipinski definition) is 0. The predicted octanol–water partition coefficient (Wildman–Crippen LogP) is 2.18. The molecule has 0 N–H and O–H groups in total. The third kappa shape index (κ3) is 3.65. The molecule has 2 aliphatic rings. The molecular weight excluding hydrogens is 382 g/mol. The summed E-state index contributed by atoms with van der Waals surface area (Å²) in [7, 11) is 1.59. The average Bonchev–Trinajstić information content (AvgIpc) is 3.05. The van der Waals surface area contributed by atoms with Crippen LogP contribution in [0, 0.1) is 11.3 Å². The molecule has 1 saturated heterocycles. The molecule has 0 unspecified atom stereocenters. The van der Waals surface area contributed by atoms with Crippen molar-refractivity contribution in [1.82, 2.24) is 9.80 Å². The summed E-state index contributed by atoms with van der Waals surface area (Å²) in [4.78, 5) is 29.9. The normalized spacial score (nSPS) is 16.8. The van der Waals surface area contributed by atoms with Crippen molar-refractivity contribution < 1.29 is 19.1 Å². The monoisotopic (exact) mass is 403 g/mol. The molecule has 7 nitrogen and oxygen atoms in total. The number of morpholine rings is 1. The molecule has 4 rings (SSSR count). The van der Waals surface area contributed by atoms with E-state index >= 15 is 0 Å². The first-order chi connectivity index (χ1) is 14.6. The Hall–Kier alpha value is -3.63. The number of benzene rings is 2. The van der Waals surface area contributed by atoms with E-state index in [-0.39, 0.29) is 18.4 Å². The van der Waals surface area contributed by atoms with Crippen LogP contribution in [0.2, 0.25) is 0 Å². The van der Waals surface area contributed by atoms with Gasteiger partial charge in [0.1, 0.15) is 11.4 Å². The molecular formula is C23H21N3O4. The summed E-state index contributed by atoms with van der Waals surface area (Å²) in [5.74, 6) is 0.0716. The van der Waals surface area contributed by atoms with E-state index < -0.39 is 0 Å². The zero-order chi connectivity index (χ0) is 21.1. The molecule has 2 aliphatic heterocycles. The Morgan fingerprint density at radius 3 is 2.27 bits per heavy atom. The molecule has 30 heavy (non-hydrogen) atoms. The molecule has 0 aromatic heterocycles. The molecule has 0 radical (unpaired) electrons. The van der Waals surface area contributed by atoms with E-state index in [9.17, 15) is 9.59 Å². The van der Waals surface area contributed by atoms with Gasteiger partial charge in [0.2, 0.25) is 0 Å². The van der Waals surface area contributed by atoms with Crippen LogP contribution in [0.3, 0.4) is 0 Å². The van der Waals surface area contributed by atoms with Gasteiger partial charge in [-0.05, 0) is 35.4 Å². The highest BCUT2D eigenvalue weighted by Crippen LogP contribution is 2.33. The van der Waals surface area contributed by atoms with Gasteiger partial charge in [-0.15, -0.1) is 0 Å². The van der Waals surface area contributed by atoms with Crippen LogP contribution >= 0.6 is 0 Å². The van der Waals surface area contributed by atoms with Crippen molar-refractivity contribution in [2.24, 2.45) is 0 Å². The number of rotatable bonds is 5. The topological polar surface area (TPSA) is 82.9 Å². The van der Waals surface area contributed by atoms with Gasteiger partial charge in [0.05, 0.1) is 44.1 Å². The Bertz CT molecular complexity index is 1030. The molecule has 0 bridgehead atoms. The molecule has 0 saturated carbocycles. The number of nitriles is 1. The number of methoxy groups -OCH3 is 1. The third-order valence-corrected chi connectivity index (χ3v) is 5.27. The first kappa shape index (κ1) is 19.7. The quantitative estimate of drug-likeness (QED) is 0.712. The minimum atomic E-state index is -0.331. The van der Waals surface area contributed by atoms with Crippen molar-refractivity contribution in [2.45, 2.75) is 6.54 Å². The van der Waals surface area contributed by atoms with Gasteiger partial charge in [-0.2, -0.15) is 5.26 Å². The Kier molecular flexibility index (Phi) is 5.50. The van der Waals surface area contributed by atoms with Gasteiger partial charge in [-0.3, -0.25) is 14.5 Å². The highest BCUT2D eigenvalue weighted by Gasteiger charge is 2.41. The van der Waals surface area contributed by atoms with Crippen LogP contribution in [0.15, 0.2) is 54.2 Å². The number of amides is 2. The Morgan fingerprint density at radius 2 is 1.67 bits per heavy atom. The third-order valence-electron chi connectivity index (χ3n) is 5.27. The second kappa shape index (κ2) is 8.39. The fraction of sp³-hybridized carbons (Fsp3) is 0.261. The Balaban J connectivity index is 1.70. The summed E-state index contributed by atoms with van der Waals surface area (Å²) in [6.07, 6.45) is 0. The van der Waals surface area contributed by atoms with Gasteiger partial charge in [-0.25, -0.2) is 0 Å². The van der Waals surface area contributed by atoms with Crippen LogP contribution < -0.4 is 4.74 Å². The Morgan fingerprint density at radius 1 is 1.00 bits per heavy atom. The van der Waals surface area contributed by atoms with Crippen LogP contribution in [0.25, 0.3) is 5.57 Å². The van der Waals surface area contributed by atoms with Gasteiger partial charge >= 0.3 is 0 Å². The number of ether oxygens (including phenoxy) is 2. The van der Waals surface area contributed by atoms with Gasteiger partial charge in [0, 0.05) is 13.1 Å². The zero-order valence-electron chi connectivity index (χ0n) is 16.6. The lowest BCUT2D eigenvalue weighted by atomic mass is 10.0. The van der Waals surface area contributed by atoms with Crippen molar-refractivity contribution in [1.29, 1.82) is 5.26 Å². The molecule has 2 heterocycles. The van der Waals surface area contributed by atoms with E-state index in [1.807, 2.05) is 17.0 Å². The maximum Gasteiger partial charge on any atom is 0.278 e. The van der Waals surface area contributed by atoms with Crippen molar-refractivity contribution in [3.63, 3.8) is 0 Å². The lowest BCUT2D eigenvalue weighted by Crippen LogP contribution is -2.40. The molecule has 0 spiro atoms. The predicted molar refractivity (Wildman–Crippen MR) is 109 cm³/mol. The van der Waals surface area contributed by atoms with Crippen LogP contribution in [0.1, 0.15) is 16.7 Å². The summed E-state index contributed by atoms with van der Waals surface area (Å²) in [6.45, 7) is 2.28. The van der Waals surface area contributed by atoms with Crippen molar-refractivity contribution in [2.75, 3.05) is 33.4 Å². The van der Waals surface area contributed by atoms with E-state index in [4.69, 9.17) is 14.7 Å². The summed E-state index contributed by atoms with van der Waals surface area (Å²) < 4.78 is 10.6. The summed E-state index contributed by atoms with van der Waals surface area (Å²) in [5, 5.41) is 9.06. The standard InChI is InChI=1S/C23H21N3O4/c1-29-19-8-4-17(5-9-19)15-26-22(27)20(18-6-2-16(14-24)3-7-18)21(23(26)28)25-10-12-30-13-11-25/h2-9H,10-13,15H2,1H3. The zero-order valence-corrected chi connectivity index (χ0v) is 16.6. The minimum absolute atomic E-state index is 0.176. The van der Waals surface area contributed by atoms with Gasteiger partial charge in [0.25, 0.3) is 11.8 Å². The highest BCUT2D eigenvalue weighted by molar-refractivity contribution is 6.35. The molecule has 0 atom stereocenters. The maximum atomic E-state index is 13.4. The van der Waals surface area contributed by atoms with E-state index in [2.05, 4.69) is 6.07 Å². The molecule has 2 amide bonds. The first-order valence-corrected chi connectivity index (χ1v) is 9.69. The molecule has 7 heteroatoms. The highest BCUT2D eigenvalue weighted by atomic mass is 16.5.